The number of nitrogens with zero attached hydrogens (tertiary/aromatic N) is 1. The van der Waals surface area contributed by atoms with Crippen LogP contribution in [0.25, 0.3) is 11.3 Å². The van der Waals surface area contributed by atoms with Gasteiger partial charge in [-0.2, -0.15) is 13.2 Å². The highest BCUT2D eigenvalue weighted by Crippen LogP contribution is 2.31. The summed E-state index contributed by atoms with van der Waals surface area (Å²) in [5.41, 5.74) is 1.03. The van der Waals surface area contributed by atoms with Crippen molar-refractivity contribution in [2.24, 2.45) is 0 Å². The maximum absolute atomic E-state index is 12.6. The van der Waals surface area contributed by atoms with Gasteiger partial charge in [-0.15, -0.1) is 0 Å². The van der Waals surface area contributed by atoms with Gasteiger partial charge in [0.1, 0.15) is 0 Å². The topological polar surface area (TPSA) is 33.1 Å². The molecule has 0 aliphatic rings. The summed E-state index contributed by atoms with van der Waals surface area (Å²) in [5.74, 6) is 0. The lowest BCUT2D eigenvalue weighted by Crippen LogP contribution is -2.04. The van der Waals surface area contributed by atoms with Crippen LogP contribution in [0.1, 0.15) is 50.0 Å². The van der Waals surface area contributed by atoms with Crippen molar-refractivity contribution in [2.45, 2.75) is 44.9 Å². The van der Waals surface area contributed by atoms with Crippen LogP contribution >= 0.6 is 0 Å². The van der Waals surface area contributed by atoms with Crippen LogP contribution in [0, 0.1) is 0 Å². The summed E-state index contributed by atoms with van der Waals surface area (Å²) in [4.78, 5) is 4.38. The third-order valence-corrected chi connectivity index (χ3v) is 3.70. The Morgan fingerprint density at radius 2 is 1.74 bits per heavy atom. The minimum Gasteiger partial charge on any atom is -0.387 e. The van der Waals surface area contributed by atoms with Crippen molar-refractivity contribution in [3.8, 4) is 11.3 Å². The van der Waals surface area contributed by atoms with Crippen molar-refractivity contribution >= 4 is 0 Å². The van der Waals surface area contributed by atoms with Crippen molar-refractivity contribution in [3.63, 3.8) is 0 Å². The molecular formula is C18H20F3NO. The Balaban J connectivity index is 2.16. The van der Waals surface area contributed by atoms with Crippen LogP contribution < -0.4 is 0 Å². The third-order valence-electron chi connectivity index (χ3n) is 3.70. The van der Waals surface area contributed by atoms with Gasteiger partial charge in [0.15, 0.2) is 0 Å². The Morgan fingerprint density at radius 3 is 2.35 bits per heavy atom. The maximum atomic E-state index is 12.6. The lowest BCUT2D eigenvalue weighted by atomic mass is 10.1. The fraction of sp³-hybridized carbons (Fsp3) is 0.389. The lowest BCUT2D eigenvalue weighted by molar-refractivity contribution is -0.137. The van der Waals surface area contributed by atoms with Gasteiger partial charge in [-0.05, 0) is 30.7 Å². The Labute approximate surface area is 134 Å². The second kappa shape index (κ2) is 7.59. The molecule has 0 saturated carbocycles. The van der Waals surface area contributed by atoms with E-state index in [0.717, 1.165) is 31.4 Å². The Hall–Kier alpha value is -1.88. The molecule has 0 amide bonds. The van der Waals surface area contributed by atoms with E-state index in [0.29, 0.717) is 23.4 Å². The number of aliphatic hydroxyl groups is 1. The van der Waals surface area contributed by atoms with Crippen molar-refractivity contribution in [2.75, 3.05) is 0 Å². The van der Waals surface area contributed by atoms with E-state index in [9.17, 15) is 18.3 Å². The second-order valence-electron chi connectivity index (χ2n) is 5.53. The van der Waals surface area contributed by atoms with E-state index < -0.39 is 17.8 Å². The number of rotatable bonds is 6. The van der Waals surface area contributed by atoms with E-state index in [-0.39, 0.29) is 0 Å². The van der Waals surface area contributed by atoms with Crippen molar-refractivity contribution < 1.29 is 18.3 Å². The summed E-state index contributed by atoms with van der Waals surface area (Å²) in [6.07, 6.45) is -1.30. The monoisotopic (exact) mass is 323 g/mol. The van der Waals surface area contributed by atoms with Crippen LogP contribution in [0.5, 0.6) is 0 Å². The number of unbranched alkanes of at least 4 members (excludes halogenated alkanes) is 2. The van der Waals surface area contributed by atoms with E-state index in [2.05, 4.69) is 11.9 Å². The van der Waals surface area contributed by atoms with E-state index in [4.69, 9.17) is 0 Å². The van der Waals surface area contributed by atoms with Gasteiger partial charge in [-0.25, -0.2) is 0 Å². The number of hydrogen-bond donors (Lipinski definition) is 1. The molecular weight excluding hydrogens is 303 g/mol. The summed E-state index contributed by atoms with van der Waals surface area (Å²) < 4.78 is 37.8. The molecule has 5 heteroatoms. The zero-order chi connectivity index (χ0) is 16.9. The summed E-state index contributed by atoms with van der Waals surface area (Å²) in [6.45, 7) is 2.09. The minimum atomic E-state index is -4.34. The molecule has 0 radical (unpaired) electrons. The molecule has 124 valence electrons. The lowest BCUT2D eigenvalue weighted by Gasteiger charge is -2.12. The number of pyridine rings is 1. The number of halogens is 3. The molecule has 0 aliphatic carbocycles. The summed E-state index contributed by atoms with van der Waals surface area (Å²) in [5, 5.41) is 10.2. The molecule has 23 heavy (non-hydrogen) atoms. The molecule has 0 aliphatic heterocycles. The number of aromatic nitrogens is 1. The average Bonchev–Trinajstić information content (AvgIpc) is 2.54. The first-order valence-corrected chi connectivity index (χ1v) is 7.74. The standard InChI is InChI=1S/C18H20F3NO/c1-2-3-4-8-17(23)16-7-5-6-15(22-16)13-9-11-14(12-10-13)18(19,20)21/h5-7,9-12,17,23H,2-4,8H2,1H3. The Morgan fingerprint density at radius 1 is 1.04 bits per heavy atom. The molecule has 1 unspecified atom stereocenters. The minimum absolute atomic E-state index is 0.554. The zero-order valence-electron chi connectivity index (χ0n) is 13.0. The summed E-state index contributed by atoms with van der Waals surface area (Å²) in [6, 6.07) is 10.1. The van der Waals surface area contributed by atoms with E-state index >= 15 is 0 Å². The van der Waals surface area contributed by atoms with Gasteiger partial charge in [0.05, 0.1) is 23.1 Å². The van der Waals surface area contributed by atoms with E-state index in [1.165, 1.54) is 12.1 Å². The van der Waals surface area contributed by atoms with Crippen molar-refractivity contribution in [1.29, 1.82) is 0 Å². The zero-order valence-corrected chi connectivity index (χ0v) is 13.0. The molecule has 2 rings (SSSR count). The largest absolute Gasteiger partial charge is 0.416 e. The molecule has 1 heterocycles. The Bertz CT molecular complexity index is 623. The fourth-order valence-electron chi connectivity index (χ4n) is 2.36. The molecule has 0 bridgehead atoms. The highest BCUT2D eigenvalue weighted by atomic mass is 19.4. The molecule has 2 aromatic rings. The smallest absolute Gasteiger partial charge is 0.387 e. The van der Waals surface area contributed by atoms with Gasteiger partial charge in [0.25, 0.3) is 0 Å². The van der Waals surface area contributed by atoms with Crippen LogP contribution in [-0.4, -0.2) is 10.1 Å². The van der Waals surface area contributed by atoms with Crippen LogP contribution in [0.3, 0.4) is 0 Å². The highest BCUT2D eigenvalue weighted by Gasteiger charge is 2.30. The van der Waals surface area contributed by atoms with Crippen LogP contribution in [0.15, 0.2) is 42.5 Å². The quantitative estimate of drug-likeness (QED) is 0.724. The summed E-state index contributed by atoms with van der Waals surface area (Å²) in [7, 11) is 0. The highest BCUT2D eigenvalue weighted by molar-refractivity contribution is 5.59. The van der Waals surface area contributed by atoms with E-state index in [1.54, 1.807) is 18.2 Å². The summed E-state index contributed by atoms with van der Waals surface area (Å²) >= 11 is 0. The number of hydrogen-bond acceptors (Lipinski definition) is 2. The van der Waals surface area contributed by atoms with Gasteiger partial charge in [0.2, 0.25) is 0 Å². The number of aliphatic hydroxyl groups excluding tert-OH is 1. The number of alkyl halides is 3. The average molecular weight is 323 g/mol. The Kier molecular flexibility index (Phi) is 5.77. The first-order chi connectivity index (χ1) is 10.9. The predicted molar refractivity (Wildman–Crippen MR) is 83.8 cm³/mol. The molecule has 0 saturated heterocycles. The molecule has 1 atom stereocenters. The molecule has 1 aromatic heterocycles. The van der Waals surface area contributed by atoms with Gasteiger partial charge in [-0.1, -0.05) is 44.4 Å². The van der Waals surface area contributed by atoms with Gasteiger partial charge < -0.3 is 5.11 Å². The predicted octanol–water partition coefficient (Wildman–Crippen LogP) is 5.38. The number of benzene rings is 1. The van der Waals surface area contributed by atoms with Gasteiger partial charge in [-0.3, -0.25) is 4.98 Å². The molecule has 0 spiro atoms. The van der Waals surface area contributed by atoms with Crippen molar-refractivity contribution in [3.05, 3.63) is 53.7 Å². The second-order valence-corrected chi connectivity index (χ2v) is 5.53. The van der Waals surface area contributed by atoms with E-state index in [1.807, 2.05) is 0 Å². The van der Waals surface area contributed by atoms with Crippen LogP contribution in [0.4, 0.5) is 13.2 Å². The maximum Gasteiger partial charge on any atom is 0.416 e. The molecule has 1 aromatic carbocycles. The first-order valence-electron chi connectivity index (χ1n) is 7.74. The normalized spacial score (nSPS) is 13.1. The van der Waals surface area contributed by atoms with Crippen LogP contribution in [-0.2, 0) is 6.18 Å². The molecule has 0 fully saturated rings. The van der Waals surface area contributed by atoms with Gasteiger partial charge in [0, 0.05) is 5.56 Å². The van der Waals surface area contributed by atoms with Crippen LogP contribution in [0.2, 0.25) is 0 Å². The molecule has 1 N–H and O–H groups in total. The first kappa shape index (κ1) is 17.5. The molecule has 2 nitrogen and oxygen atoms in total. The fourth-order valence-corrected chi connectivity index (χ4v) is 2.36. The third kappa shape index (κ3) is 4.79. The van der Waals surface area contributed by atoms with Crippen molar-refractivity contribution in [1.82, 2.24) is 4.98 Å². The SMILES string of the molecule is CCCCCC(O)c1cccc(-c2ccc(C(F)(F)F)cc2)n1. The van der Waals surface area contributed by atoms with Gasteiger partial charge >= 0.3 is 6.18 Å².